The normalized spacial score (nSPS) is 14.1. The molecule has 1 rings (SSSR count). The fourth-order valence-corrected chi connectivity index (χ4v) is 1.70. The number of aryl methyl sites for hydroxylation is 1. The van der Waals surface area contributed by atoms with E-state index in [0.29, 0.717) is 17.3 Å². The minimum atomic E-state index is -0.432. The second-order valence-corrected chi connectivity index (χ2v) is 5.73. The third-order valence-electron chi connectivity index (χ3n) is 3.53. The van der Waals surface area contributed by atoms with Gasteiger partial charge in [-0.3, -0.25) is 0 Å². The van der Waals surface area contributed by atoms with Gasteiger partial charge in [-0.2, -0.15) is 0 Å². The lowest BCUT2D eigenvalue weighted by Crippen LogP contribution is -2.56. The van der Waals surface area contributed by atoms with E-state index in [1.54, 1.807) is 6.07 Å². The minimum Gasteiger partial charge on any atom is -0.331 e. The number of carbonyl (C=O) groups excluding carboxylic acids is 1. The number of carbonyl (C=O) groups is 1. The van der Waals surface area contributed by atoms with E-state index >= 15 is 0 Å². The van der Waals surface area contributed by atoms with Gasteiger partial charge in [-0.1, -0.05) is 31.5 Å². The molecule has 0 saturated heterocycles. The van der Waals surface area contributed by atoms with Crippen molar-refractivity contribution in [2.75, 3.05) is 11.9 Å². The molecule has 4 N–H and O–H groups in total. The predicted octanol–water partition coefficient (Wildman–Crippen LogP) is 3.14. The highest BCUT2D eigenvalue weighted by Gasteiger charge is 2.28. The summed E-state index contributed by atoms with van der Waals surface area (Å²) in [7, 11) is 0. The molecule has 4 nitrogen and oxygen atoms in total. The maximum absolute atomic E-state index is 12.0. The topological polar surface area (TPSA) is 67.2 Å². The Morgan fingerprint density at radius 2 is 2.11 bits per heavy atom. The van der Waals surface area contributed by atoms with Crippen LogP contribution < -0.4 is 16.4 Å². The largest absolute Gasteiger partial charge is 0.331 e. The Balaban J connectivity index is 2.72. The standard InChI is InChI=1S/C14H22ClN3O/c1-9(2)14(4,8-16)18-13(19)17-11-6-5-10(3)12(15)7-11/h5-7,9H,8,16H2,1-4H3,(H2,17,18,19). The summed E-state index contributed by atoms with van der Waals surface area (Å²) in [6, 6.07) is 5.13. The molecule has 0 saturated carbocycles. The molecule has 0 spiro atoms. The fraction of sp³-hybridized carbons (Fsp3) is 0.500. The van der Waals surface area contributed by atoms with Gasteiger partial charge in [-0.05, 0) is 37.5 Å². The first-order valence-electron chi connectivity index (χ1n) is 6.34. The Bertz CT molecular complexity index is 462. The summed E-state index contributed by atoms with van der Waals surface area (Å²) in [4.78, 5) is 12.0. The molecule has 1 aromatic rings. The van der Waals surface area contributed by atoms with E-state index in [0.717, 1.165) is 5.56 Å². The molecule has 0 aromatic heterocycles. The van der Waals surface area contributed by atoms with Gasteiger partial charge in [0.1, 0.15) is 0 Å². The van der Waals surface area contributed by atoms with Crippen LogP contribution in [0.5, 0.6) is 0 Å². The highest BCUT2D eigenvalue weighted by atomic mass is 35.5. The molecule has 2 amide bonds. The molecule has 0 radical (unpaired) electrons. The van der Waals surface area contributed by atoms with E-state index < -0.39 is 5.54 Å². The highest BCUT2D eigenvalue weighted by Crippen LogP contribution is 2.20. The van der Waals surface area contributed by atoms with Gasteiger partial charge in [0.05, 0.1) is 5.54 Å². The average Bonchev–Trinajstić information content (AvgIpc) is 2.33. The Morgan fingerprint density at radius 1 is 1.47 bits per heavy atom. The molecule has 0 heterocycles. The van der Waals surface area contributed by atoms with Crippen molar-refractivity contribution in [1.82, 2.24) is 5.32 Å². The monoisotopic (exact) mass is 283 g/mol. The first kappa shape index (κ1) is 15.8. The highest BCUT2D eigenvalue weighted by molar-refractivity contribution is 6.31. The van der Waals surface area contributed by atoms with Gasteiger partial charge < -0.3 is 16.4 Å². The van der Waals surface area contributed by atoms with E-state index in [2.05, 4.69) is 10.6 Å². The molecule has 0 bridgehead atoms. The van der Waals surface area contributed by atoms with Crippen molar-refractivity contribution in [2.24, 2.45) is 11.7 Å². The Hall–Kier alpha value is -1.26. The molecule has 19 heavy (non-hydrogen) atoms. The van der Waals surface area contributed by atoms with Gasteiger partial charge in [0, 0.05) is 17.3 Å². The van der Waals surface area contributed by atoms with Crippen molar-refractivity contribution in [3.05, 3.63) is 28.8 Å². The summed E-state index contributed by atoms with van der Waals surface area (Å²) in [5.41, 5.74) is 6.93. The second kappa shape index (κ2) is 6.26. The number of halogens is 1. The molecular weight excluding hydrogens is 262 g/mol. The van der Waals surface area contributed by atoms with E-state index in [9.17, 15) is 4.79 Å². The summed E-state index contributed by atoms with van der Waals surface area (Å²) in [5, 5.41) is 6.30. The number of nitrogens with one attached hydrogen (secondary N) is 2. The number of nitrogens with two attached hydrogens (primary N) is 1. The van der Waals surface area contributed by atoms with Crippen LogP contribution in [0.3, 0.4) is 0 Å². The van der Waals surface area contributed by atoms with Crippen molar-refractivity contribution in [2.45, 2.75) is 33.2 Å². The summed E-state index contributed by atoms with van der Waals surface area (Å²) in [6.45, 7) is 8.27. The molecule has 0 aliphatic carbocycles. The SMILES string of the molecule is Cc1ccc(NC(=O)NC(C)(CN)C(C)C)cc1Cl. The zero-order valence-electron chi connectivity index (χ0n) is 11.9. The van der Waals surface area contributed by atoms with Crippen LogP contribution in [0.2, 0.25) is 5.02 Å². The van der Waals surface area contributed by atoms with Crippen molar-refractivity contribution in [3.8, 4) is 0 Å². The minimum absolute atomic E-state index is 0.241. The lowest BCUT2D eigenvalue weighted by atomic mass is 9.89. The third-order valence-corrected chi connectivity index (χ3v) is 3.93. The number of amides is 2. The summed E-state index contributed by atoms with van der Waals surface area (Å²) in [6.07, 6.45) is 0. The van der Waals surface area contributed by atoms with Crippen LogP contribution in [-0.4, -0.2) is 18.1 Å². The van der Waals surface area contributed by atoms with Crippen LogP contribution in [0.1, 0.15) is 26.3 Å². The van der Waals surface area contributed by atoms with Crippen LogP contribution in [0.15, 0.2) is 18.2 Å². The molecule has 0 aliphatic rings. The van der Waals surface area contributed by atoms with Gasteiger partial charge >= 0.3 is 6.03 Å². The lowest BCUT2D eigenvalue weighted by Gasteiger charge is -2.33. The second-order valence-electron chi connectivity index (χ2n) is 5.32. The van der Waals surface area contributed by atoms with Crippen LogP contribution in [0, 0.1) is 12.8 Å². The van der Waals surface area contributed by atoms with E-state index in [1.807, 2.05) is 39.8 Å². The van der Waals surface area contributed by atoms with Crippen LogP contribution in [-0.2, 0) is 0 Å². The molecule has 5 heteroatoms. The first-order chi connectivity index (χ1) is 8.78. The number of anilines is 1. The molecule has 1 atom stereocenters. The third kappa shape index (κ3) is 4.11. The van der Waals surface area contributed by atoms with Crippen LogP contribution in [0.25, 0.3) is 0 Å². The first-order valence-corrected chi connectivity index (χ1v) is 6.71. The van der Waals surface area contributed by atoms with Crippen LogP contribution in [0.4, 0.5) is 10.5 Å². The van der Waals surface area contributed by atoms with Crippen molar-refractivity contribution >= 4 is 23.3 Å². The van der Waals surface area contributed by atoms with E-state index in [1.165, 1.54) is 0 Å². The molecule has 1 aromatic carbocycles. The quantitative estimate of drug-likeness (QED) is 0.795. The zero-order valence-corrected chi connectivity index (χ0v) is 12.6. The van der Waals surface area contributed by atoms with Gasteiger partial charge in [-0.25, -0.2) is 4.79 Å². The maximum atomic E-state index is 12.0. The maximum Gasteiger partial charge on any atom is 0.319 e. The Morgan fingerprint density at radius 3 is 2.58 bits per heavy atom. The summed E-state index contributed by atoms with van der Waals surface area (Å²) >= 11 is 6.02. The number of hydrogen-bond acceptors (Lipinski definition) is 2. The number of rotatable bonds is 4. The van der Waals surface area contributed by atoms with E-state index in [4.69, 9.17) is 17.3 Å². The average molecular weight is 284 g/mol. The number of hydrogen-bond donors (Lipinski definition) is 3. The van der Waals surface area contributed by atoms with E-state index in [-0.39, 0.29) is 11.9 Å². The van der Waals surface area contributed by atoms with Gasteiger partial charge in [0.15, 0.2) is 0 Å². The van der Waals surface area contributed by atoms with Gasteiger partial charge in [0.25, 0.3) is 0 Å². The number of benzene rings is 1. The lowest BCUT2D eigenvalue weighted by molar-refractivity contribution is 0.225. The smallest absolute Gasteiger partial charge is 0.319 e. The van der Waals surface area contributed by atoms with Crippen molar-refractivity contribution in [3.63, 3.8) is 0 Å². The molecular formula is C14H22ClN3O. The zero-order chi connectivity index (χ0) is 14.6. The number of urea groups is 1. The van der Waals surface area contributed by atoms with Crippen molar-refractivity contribution in [1.29, 1.82) is 0 Å². The van der Waals surface area contributed by atoms with Crippen LogP contribution >= 0.6 is 11.6 Å². The molecule has 0 fully saturated rings. The fourth-order valence-electron chi connectivity index (χ4n) is 1.52. The van der Waals surface area contributed by atoms with Crippen molar-refractivity contribution < 1.29 is 4.79 Å². The molecule has 106 valence electrons. The Labute approximate surface area is 119 Å². The van der Waals surface area contributed by atoms with Gasteiger partial charge in [0.2, 0.25) is 0 Å². The summed E-state index contributed by atoms with van der Waals surface area (Å²) in [5.74, 6) is 0.241. The predicted molar refractivity (Wildman–Crippen MR) is 80.6 cm³/mol. The molecule has 1 unspecified atom stereocenters. The molecule has 0 aliphatic heterocycles. The summed E-state index contributed by atoms with van der Waals surface area (Å²) < 4.78 is 0. The van der Waals surface area contributed by atoms with Gasteiger partial charge in [-0.15, -0.1) is 0 Å². The Kier molecular flexibility index (Phi) is 5.20.